The number of nitrogens with zero attached hydrogens (tertiary/aromatic N) is 1. The summed E-state index contributed by atoms with van der Waals surface area (Å²) in [6.45, 7) is 5.93. The van der Waals surface area contributed by atoms with Gasteiger partial charge in [0.15, 0.2) is 0 Å². The van der Waals surface area contributed by atoms with E-state index in [4.69, 9.17) is 0 Å². The molecule has 0 bridgehead atoms. The first-order chi connectivity index (χ1) is 11.3. The molecule has 0 spiro atoms. The third-order valence-corrected chi connectivity index (χ3v) is 5.85. The Morgan fingerprint density at radius 1 is 1.04 bits per heavy atom. The van der Waals surface area contributed by atoms with Crippen LogP contribution in [0.4, 0.5) is 0 Å². The van der Waals surface area contributed by atoms with Gasteiger partial charge in [-0.15, -0.1) is 0 Å². The fraction of sp³-hybridized carbons (Fsp3) is 0.211. The van der Waals surface area contributed by atoms with E-state index in [0.717, 1.165) is 22.8 Å². The number of rotatable bonds is 4. The average molecular weight is 341 g/mol. The summed E-state index contributed by atoms with van der Waals surface area (Å²) in [4.78, 5) is 11.3. The largest absolute Gasteiger partial charge is 0.298 e. The highest BCUT2D eigenvalue weighted by Gasteiger charge is 2.22. The molecule has 3 aromatic rings. The van der Waals surface area contributed by atoms with E-state index in [1.54, 1.807) is 48.7 Å². The molecule has 0 fully saturated rings. The summed E-state index contributed by atoms with van der Waals surface area (Å²) in [6, 6.07) is 11.9. The van der Waals surface area contributed by atoms with Crippen molar-refractivity contribution < 1.29 is 13.2 Å². The molecule has 0 saturated heterocycles. The van der Waals surface area contributed by atoms with E-state index in [1.807, 2.05) is 20.8 Å². The molecule has 2 aromatic carbocycles. The van der Waals surface area contributed by atoms with Crippen LogP contribution in [0.15, 0.2) is 53.6 Å². The molecule has 1 aromatic heterocycles. The van der Waals surface area contributed by atoms with Crippen molar-refractivity contribution >= 4 is 27.2 Å². The van der Waals surface area contributed by atoms with Crippen LogP contribution in [0, 0.1) is 6.92 Å². The van der Waals surface area contributed by atoms with E-state index in [-0.39, 0.29) is 10.8 Å². The molecule has 0 atom stereocenters. The molecule has 1 heterocycles. The van der Waals surface area contributed by atoms with Crippen molar-refractivity contribution in [3.63, 3.8) is 0 Å². The van der Waals surface area contributed by atoms with Gasteiger partial charge in [0, 0.05) is 17.1 Å². The van der Waals surface area contributed by atoms with Crippen LogP contribution in [0.3, 0.4) is 0 Å². The minimum atomic E-state index is -3.69. The molecule has 0 amide bonds. The van der Waals surface area contributed by atoms with Crippen molar-refractivity contribution in [3.8, 4) is 0 Å². The van der Waals surface area contributed by atoms with Crippen molar-refractivity contribution in [2.45, 2.75) is 31.6 Å². The summed E-state index contributed by atoms with van der Waals surface area (Å²) >= 11 is 0. The highest BCUT2D eigenvalue weighted by molar-refractivity contribution is 7.90. The Bertz CT molecular complexity index is 1010. The molecule has 0 aliphatic heterocycles. The molecule has 5 heteroatoms. The average Bonchev–Trinajstić information content (AvgIpc) is 2.94. The molecule has 3 rings (SSSR count). The van der Waals surface area contributed by atoms with Crippen LogP contribution in [-0.4, -0.2) is 18.7 Å². The second kappa shape index (κ2) is 5.91. The summed E-state index contributed by atoms with van der Waals surface area (Å²) in [5.41, 5.74) is 3.04. The minimum Gasteiger partial charge on any atom is -0.298 e. The zero-order valence-corrected chi connectivity index (χ0v) is 14.7. The van der Waals surface area contributed by atoms with E-state index in [2.05, 4.69) is 0 Å². The third kappa shape index (κ3) is 2.65. The Kier molecular flexibility index (Phi) is 4.05. The number of hydrogen-bond acceptors (Lipinski definition) is 3. The van der Waals surface area contributed by atoms with Gasteiger partial charge < -0.3 is 0 Å². The second-order valence-corrected chi connectivity index (χ2v) is 8.06. The fourth-order valence-electron chi connectivity index (χ4n) is 2.80. The molecule has 4 nitrogen and oxygen atoms in total. The quantitative estimate of drug-likeness (QED) is 0.671. The first-order valence-corrected chi connectivity index (χ1v) is 9.21. The van der Waals surface area contributed by atoms with E-state index in [9.17, 15) is 13.2 Å². The number of carbonyl (C=O) groups is 1. The second-order valence-electron chi connectivity index (χ2n) is 6.25. The van der Waals surface area contributed by atoms with Crippen LogP contribution in [0.25, 0.3) is 10.9 Å². The van der Waals surface area contributed by atoms with Crippen LogP contribution in [0.1, 0.15) is 41.3 Å². The zero-order chi connectivity index (χ0) is 17.5. The summed E-state index contributed by atoms with van der Waals surface area (Å²) in [6.07, 6.45) is 2.44. The van der Waals surface area contributed by atoms with Crippen molar-refractivity contribution in [1.82, 2.24) is 3.97 Å². The van der Waals surface area contributed by atoms with E-state index >= 15 is 0 Å². The highest BCUT2D eigenvalue weighted by Crippen LogP contribution is 2.31. The summed E-state index contributed by atoms with van der Waals surface area (Å²) in [5, 5.41) is 0.797. The Balaban J connectivity index is 2.29. The van der Waals surface area contributed by atoms with Gasteiger partial charge in [-0.1, -0.05) is 31.5 Å². The fourth-order valence-corrected chi connectivity index (χ4v) is 4.18. The Morgan fingerprint density at radius 2 is 1.71 bits per heavy atom. The van der Waals surface area contributed by atoms with Gasteiger partial charge in [0.25, 0.3) is 10.0 Å². The highest BCUT2D eigenvalue weighted by atomic mass is 32.2. The van der Waals surface area contributed by atoms with Crippen LogP contribution < -0.4 is 0 Å². The van der Waals surface area contributed by atoms with Gasteiger partial charge in [-0.2, -0.15) is 0 Å². The summed E-state index contributed by atoms with van der Waals surface area (Å²) < 4.78 is 27.4. The molecule has 24 heavy (non-hydrogen) atoms. The van der Waals surface area contributed by atoms with Crippen molar-refractivity contribution in [1.29, 1.82) is 0 Å². The van der Waals surface area contributed by atoms with E-state index in [0.29, 0.717) is 11.1 Å². The number of fused-ring (bicyclic) bond motifs is 1. The molecule has 0 unspecified atom stereocenters. The summed E-state index contributed by atoms with van der Waals surface area (Å²) in [7, 11) is -3.69. The first kappa shape index (κ1) is 16.5. The molecule has 124 valence electrons. The Hall–Kier alpha value is -2.40. The SMILES string of the molecule is Cc1ccc(S(=O)(=O)n2cc(C(C)C)c3cc(C=O)ccc32)cc1. The maximum Gasteiger partial charge on any atom is 0.268 e. The van der Waals surface area contributed by atoms with Crippen molar-refractivity contribution in [2.24, 2.45) is 0 Å². The van der Waals surface area contributed by atoms with Gasteiger partial charge in [-0.25, -0.2) is 12.4 Å². The molecular weight excluding hydrogens is 322 g/mol. The molecule has 0 radical (unpaired) electrons. The standard InChI is InChI=1S/C19H19NO3S/c1-13(2)18-11-20(19-9-6-15(12-21)10-17(18)19)24(22,23)16-7-4-14(3)5-8-16/h4-13H,1-3H3. The Morgan fingerprint density at radius 3 is 2.29 bits per heavy atom. The van der Waals surface area contributed by atoms with Gasteiger partial charge in [0.2, 0.25) is 0 Å². The lowest BCUT2D eigenvalue weighted by atomic mass is 10.0. The van der Waals surface area contributed by atoms with Crippen LogP contribution in [-0.2, 0) is 10.0 Å². The van der Waals surface area contributed by atoms with Gasteiger partial charge in [0.1, 0.15) is 6.29 Å². The number of aryl methyl sites for hydroxylation is 1. The van der Waals surface area contributed by atoms with Gasteiger partial charge in [-0.3, -0.25) is 4.79 Å². The van der Waals surface area contributed by atoms with Gasteiger partial charge in [0.05, 0.1) is 10.4 Å². The number of benzene rings is 2. The number of carbonyl (C=O) groups excluding carboxylic acids is 1. The maximum absolute atomic E-state index is 13.0. The smallest absolute Gasteiger partial charge is 0.268 e. The van der Waals surface area contributed by atoms with Gasteiger partial charge >= 0.3 is 0 Å². The maximum atomic E-state index is 13.0. The molecule has 0 saturated carbocycles. The lowest BCUT2D eigenvalue weighted by Crippen LogP contribution is -2.11. The Labute approximate surface area is 141 Å². The third-order valence-electron chi connectivity index (χ3n) is 4.16. The predicted octanol–water partition coefficient (Wildman–Crippen LogP) is 4.12. The lowest BCUT2D eigenvalue weighted by molar-refractivity contribution is 0.112. The van der Waals surface area contributed by atoms with E-state index in [1.165, 1.54) is 3.97 Å². The topological polar surface area (TPSA) is 56.1 Å². The first-order valence-electron chi connectivity index (χ1n) is 7.77. The normalized spacial score (nSPS) is 12.0. The number of aromatic nitrogens is 1. The molecule has 0 N–H and O–H groups in total. The predicted molar refractivity (Wildman–Crippen MR) is 95.2 cm³/mol. The molecular formula is C19H19NO3S. The molecule has 0 aliphatic carbocycles. The lowest BCUT2D eigenvalue weighted by Gasteiger charge is -2.08. The van der Waals surface area contributed by atoms with Crippen LogP contribution >= 0.6 is 0 Å². The van der Waals surface area contributed by atoms with Gasteiger partial charge in [-0.05, 0) is 48.7 Å². The summed E-state index contributed by atoms with van der Waals surface area (Å²) in [5.74, 6) is 0.142. The van der Waals surface area contributed by atoms with Crippen LogP contribution in [0.2, 0.25) is 0 Å². The minimum absolute atomic E-state index is 0.142. The number of hydrogen-bond donors (Lipinski definition) is 0. The monoisotopic (exact) mass is 341 g/mol. The molecule has 0 aliphatic rings. The zero-order valence-electron chi connectivity index (χ0n) is 13.9. The van der Waals surface area contributed by atoms with Crippen molar-refractivity contribution in [3.05, 3.63) is 65.4 Å². The van der Waals surface area contributed by atoms with Crippen molar-refractivity contribution in [2.75, 3.05) is 0 Å². The van der Waals surface area contributed by atoms with Crippen LogP contribution in [0.5, 0.6) is 0 Å². The number of aldehydes is 1. The van der Waals surface area contributed by atoms with E-state index < -0.39 is 10.0 Å².